The van der Waals surface area contributed by atoms with Gasteiger partial charge in [-0.15, -0.1) is 0 Å². The zero-order valence-corrected chi connectivity index (χ0v) is 9.26. The molecule has 18 heavy (non-hydrogen) atoms. The molecule has 0 unspecified atom stereocenters. The molecule has 96 valence electrons. The van der Waals surface area contributed by atoms with Gasteiger partial charge in [-0.2, -0.15) is 0 Å². The van der Waals surface area contributed by atoms with Crippen molar-refractivity contribution in [1.82, 2.24) is 19.9 Å². The molecule has 1 aliphatic rings. The molecule has 2 aromatic heterocycles. The van der Waals surface area contributed by atoms with Crippen LogP contribution in [0.3, 0.4) is 0 Å². The number of fused-ring (bicyclic) bond motifs is 1. The average Bonchev–Trinajstić information content (AvgIpc) is 2.92. The van der Waals surface area contributed by atoms with Crippen LogP contribution in [0.2, 0.25) is 0 Å². The fourth-order valence-corrected chi connectivity index (χ4v) is 2.04. The SMILES string of the molecule is OC[C@H]1O[C@@H](c2nc3ncncc3[nH]2)[C@H](O)[C@H]1O. The summed E-state index contributed by atoms with van der Waals surface area (Å²) in [4.78, 5) is 14.9. The predicted octanol–water partition coefficient (Wildman–Crippen LogP) is -1.49. The van der Waals surface area contributed by atoms with Gasteiger partial charge >= 0.3 is 0 Å². The van der Waals surface area contributed by atoms with Crippen LogP contribution in [-0.2, 0) is 4.74 Å². The van der Waals surface area contributed by atoms with Crippen LogP contribution in [0, 0.1) is 0 Å². The number of aliphatic hydroxyl groups is 3. The fourth-order valence-electron chi connectivity index (χ4n) is 2.04. The molecule has 8 heteroatoms. The lowest BCUT2D eigenvalue weighted by atomic mass is 10.1. The smallest absolute Gasteiger partial charge is 0.180 e. The first-order chi connectivity index (χ1) is 8.70. The lowest BCUT2D eigenvalue weighted by Crippen LogP contribution is -2.32. The van der Waals surface area contributed by atoms with Gasteiger partial charge in [-0.3, -0.25) is 0 Å². The van der Waals surface area contributed by atoms with E-state index in [2.05, 4.69) is 19.9 Å². The molecule has 0 spiro atoms. The normalized spacial score (nSPS) is 32.2. The van der Waals surface area contributed by atoms with Gasteiger partial charge in [-0.05, 0) is 0 Å². The fraction of sp³-hybridized carbons (Fsp3) is 0.500. The maximum atomic E-state index is 9.86. The Morgan fingerprint density at radius 1 is 1.33 bits per heavy atom. The highest BCUT2D eigenvalue weighted by atomic mass is 16.6. The number of nitrogens with one attached hydrogen (secondary N) is 1. The minimum Gasteiger partial charge on any atom is -0.394 e. The van der Waals surface area contributed by atoms with E-state index in [4.69, 9.17) is 9.84 Å². The summed E-state index contributed by atoms with van der Waals surface area (Å²) in [6.45, 7) is -0.366. The molecule has 4 N–H and O–H groups in total. The van der Waals surface area contributed by atoms with Crippen molar-refractivity contribution in [2.75, 3.05) is 6.61 Å². The lowest BCUT2D eigenvalue weighted by Gasteiger charge is -2.11. The van der Waals surface area contributed by atoms with Gasteiger partial charge in [0.15, 0.2) is 5.65 Å². The number of aromatic nitrogens is 4. The van der Waals surface area contributed by atoms with Gasteiger partial charge in [0.1, 0.15) is 42.1 Å². The van der Waals surface area contributed by atoms with E-state index in [1.54, 1.807) is 6.20 Å². The number of H-pyrrole nitrogens is 1. The summed E-state index contributed by atoms with van der Waals surface area (Å²) in [7, 11) is 0. The third-order valence-electron chi connectivity index (χ3n) is 2.99. The van der Waals surface area contributed by atoms with Crippen molar-refractivity contribution in [3.63, 3.8) is 0 Å². The van der Waals surface area contributed by atoms with Crippen LogP contribution >= 0.6 is 0 Å². The molecule has 0 bridgehead atoms. The van der Waals surface area contributed by atoms with Crippen molar-refractivity contribution in [1.29, 1.82) is 0 Å². The third kappa shape index (κ3) is 1.66. The molecule has 0 radical (unpaired) electrons. The Labute approximate surface area is 101 Å². The first-order valence-corrected chi connectivity index (χ1v) is 5.49. The summed E-state index contributed by atoms with van der Waals surface area (Å²) >= 11 is 0. The minimum absolute atomic E-state index is 0.355. The Hall–Kier alpha value is -1.61. The van der Waals surface area contributed by atoms with E-state index in [0.29, 0.717) is 17.0 Å². The topological polar surface area (TPSA) is 124 Å². The number of ether oxygens (including phenoxy) is 1. The van der Waals surface area contributed by atoms with E-state index in [1.807, 2.05) is 0 Å². The van der Waals surface area contributed by atoms with Crippen LogP contribution in [0.1, 0.15) is 11.9 Å². The van der Waals surface area contributed by atoms with Gasteiger partial charge in [0.2, 0.25) is 0 Å². The Morgan fingerprint density at radius 3 is 2.83 bits per heavy atom. The largest absolute Gasteiger partial charge is 0.394 e. The summed E-state index contributed by atoms with van der Waals surface area (Å²) in [5, 5.41) is 28.5. The summed E-state index contributed by atoms with van der Waals surface area (Å²) < 4.78 is 5.36. The lowest BCUT2D eigenvalue weighted by molar-refractivity contribution is -0.0249. The Kier molecular flexibility index (Phi) is 2.71. The highest BCUT2D eigenvalue weighted by Crippen LogP contribution is 2.32. The molecule has 0 saturated carbocycles. The van der Waals surface area contributed by atoms with Gasteiger partial charge in [0.25, 0.3) is 0 Å². The molecule has 0 aliphatic carbocycles. The van der Waals surface area contributed by atoms with E-state index in [1.165, 1.54) is 6.33 Å². The van der Waals surface area contributed by atoms with Gasteiger partial charge in [0.05, 0.1) is 12.8 Å². The van der Waals surface area contributed by atoms with E-state index in [9.17, 15) is 10.2 Å². The summed E-state index contributed by atoms with van der Waals surface area (Å²) in [6.07, 6.45) is -0.990. The molecule has 3 rings (SSSR count). The minimum atomic E-state index is -1.14. The molecule has 8 nitrogen and oxygen atoms in total. The molecule has 0 aromatic carbocycles. The number of hydrogen-bond acceptors (Lipinski definition) is 7. The van der Waals surface area contributed by atoms with Crippen molar-refractivity contribution in [3.8, 4) is 0 Å². The molecule has 4 atom stereocenters. The third-order valence-corrected chi connectivity index (χ3v) is 2.99. The second kappa shape index (κ2) is 4.25. The molecule has 1 fully saturated rings. The standard InChI is InChI=1S/C10H12N4O4/c15-2-5-6(16)7(17)8(18-5)10-13-4-1-11-3-12-9(4)14-10/h1,3,5-8,15-17H,2H2,(H,11,12,13,14)/t5-,6+,7-,8-/m1/s1. The second-order valence-corrected chi connectivity index (χ2v) is 4.14. The van der Waals surface area contributed by atoms with Gasteiger partial charge in [-0.1, -0.05) is 0 Å². The zero-order chi connectivity index (χ0) is 12.7. The first kappa shape index (κ1) is 11.5. The summed E-state index contributed by atoms with van der Waals surface area (Å²) in [5.74, 6) is 0.355. The highest BCUT2D eigenvalue weighted by Gasteiger charge is 2.44. The van der Waals surface area contributed by atoms with Crippen LogP contribution in [-0.4, -0.2) is 60.2 Å². The van der Waals surface area contributed by atoms with E-state index in [0.717, 1.165) is 0 Å². The van der Waals surface area contributed by atoms with E-state index in [-0.39, 0.29) is 6.61 Å². The molecule has 1 saturated heterocycles. The number of hydrogen-bond donors (Lipinski definition) is 4. The van der Waals surface area contributed by atoms with Crippen LogP contribution in [0.25, 0.3) is 11.2 Å². The average molecular weight is 252 g/mol. The zero-order valence-electron chi connectivity index (χ0n) is 9.26. The number of aromatic amines is 1. The predicted molar refractivity (Wildman–Crippen MR) is 58.4 cm³/mol. The van der Waals surface area contributed by atoms with Gasteiger partial charge in [-0.25, -0.2) is 15.0 Å². The molecule has 0 amide bonds. The summed E-state index contributed by atoms with van der Waals surface area (Å²) in [6, 6.07) is 0. The molecule has 2 aromatic rings. The monoisotopic (exact) mass is 252 g/mol. The molecular formula is C10H12N4O4. The molecular weight excluding hydrogens is 240 g/mol. The van der Waals surface area contributed by atoms with Crippen molar-refractivity contribution in [2.24, 2.45) is 0 Å². The van der Waals surface area contributed by atoms with Crippen molar-refractivity contribution in [3.05, 3.63) is 18.3 Å². The number of aliphatic hydroxyl groups excluding tert-OH is 3. The van der Waals surface area contributed by atoms with Crippen molar-refractivity contribution < 1.29 is 20.1 Å². The van der Waals surface area contributed by atoms with Crippen molar-refractivity contribution in [2.45, 2.75) is 24.4 Å². The van der Waals surface area contributed by atoms with Crippen LogP contribution in [0.5, 0.6) is 0 Å². The van der Waals surface area contributed by atoms with E-state index < -0.39 is 24.4 Å². The Morgan fingerprint density at radius 2 is 2.17 bits per heavy atom. The van der Waals surface area contributed by atoms with Crippen molar-refractivity contribution >= 4 is 11.2 Å². The highest BCUT2D eigenvalue weighted by molar-refractivity contribution is 5.68. The van der Waals surface area contributed by atoms with Gasteiger partial charge < -0.3 is 25.0 Å². The maximum absolute atomic E-state index is 9.86. The van der Waals surface area contributed by atoms with Gasteiger partial charge in [0, 0.05) is 0 Å². The first-order valence-electron chi connectivity index (χ1n) is 5.49. The number of rotatable bonds is 2. The maximum Gasteiger partial charge on any atom is 0.180 e. The van der Waals surface area contributed by atoms with Crippen LogP contribution in [0.15, 0.2) is 12.5 Å². The summed E-state index contributed by atoms with van der Waals surface area (Å²) in [5.41, 5.74) is 1.07. The quantitative estimate of drug-likeness (QED) is 0.513. The van der Waals surface area contributed by atoms with E-state index >= 15 is 0 Å². The Balaban J connectivity index is 1.95. The number of nitrogens with zero attached hydrogens (tertiary/aromatic N) is 3. The number of imidazole rings is 1. The molecule has 3 heterocycles. The van der Waals surface area contributed by atoms with Crippen LogP contribution in [0.4, 0.5) is 0 Å². The van der Waals surface area contributed by atoms with Crippen LogP contribution < -0.4 is 0 Å². The second-order valence-electron chi connectivity index (χ2n) is 4.14. The molecule has 1 aliphatic heterocycles. The Bertz CT molecular complexity index is 527.